The molecule has 2 aromatic heterocycles. The summed E-state index contributed by atoms with van der Waals surface area (Å²) in [5.74, 6) is -1.64. The average Bonchev–Trinajstić information content (AvgIpc) is 2.89. The number of ether oxygens (including phenoxy) is 1. The number of nitrogens with zero attached hydrogens (tertiary/aromatic N) is 3. The zero-order valence-corrected chi connectivity index (χ0v) is 10.6. The number of carbonyl (C=O) groups excluding carboxylic acids is 1. The number of amides is 1. The first-order valence-electron chi connectivity index (χ1n) is 5.73. The second-order valence-corrected chi connectivity index (χ2v) is 3.72. The minimum Gasteiger partial charge on any atom is -0.409 e. The van der Waals surface area contributed by atoms with E-state index in [-0.39, 0.29) is 17.3 Å². The molecule has 0 saturated heterocycles. The first kappa shape index (κ1) is 14.8. The van der Waals surface area contributed by atoms with Crippen LogP contribution in [0.2, 0.25) is 0 Å². The third-order valence-corrected chi connectivity index (χ3v) is 2.17. The Morgan fingerprint density at radius 3 is 2.71 bits per heavy atom. The normalized spacial score (nSPS) is 11.2. The molecule has 2 rings (SSSR count). The summed E-state index contributed by atoms with van der Waals surface area (Å²) in [5, 5.41) is 5.59. The lowest BCUT2D eigenvalue weighted by Gasteiger charge is -2.04. The number of pyridine rings is 1. The molecule has 0 bridgehead atoms. The van der Waals surface area contributed by atoms with E-state index in [1.165, 1.54) is 12.1 Å². The quantitative estimate of drug-likeness (QED) is 0.935. The first-order chi connectivity index (χ1) is 9.90. The van der Waals surface area contributed by atoms with Gasteiger partial charge in [0.2, 0.25) is 5.82 Å². The maximum absolute atomic E-state index is 12.3. The van der Waals surface area contributed by atoms with Crippen molar-refractivity contribution in [2.75, 3.05) is 6.54 Å². The summed E-state index contributed by atoms with van der Waals surface area (Å²) in [6.45, 7) is 2.12. The topological polar surface area (TPSA) is 90.1 Å². The van der Waals surface area contributed by atoms with Gasteiger partial charge in [0.15, 0.2) is 5.75 Å². The van der Waals surface area contributed by atoms with Crippen molar-refractivity contribution in [1.29, 1.82) is 0 Å². The van der Waals surface area contributed by atoms with E-state index < -0.39 is 18.2 Å². The average molecular weight is 302 g/mol. The van der Waals surface area contributed by atoms with E-state index in [9.17, 15) is 18.0 Å². The molecule has 2 heterocycles. The molecule has 0 aliphatic rings. The van der Waals surface area contributed by atoms with Crippen LogP contribution in [0.15, 0.2) is 22.9 Å². The van der Waals surface area contributed by atoms with Gasteiger partial charge in [0, 0.05) is 6.54 Å². The molecule has 21 heavy (non-hydrogen) atoms. The van der Waals surface area contributed by atoms with Crippen LogP contribution in [-0.4, -0.2) is 27.8 Å². The van der Waals surface area contributed by atoms with E-state index in [0.717, 1.165) is 6.20 Å². The van der Waals surface area contributed by atoms with E-state index in [1.807, 2.05) is 0 Å². The summed E-state index contributed by atoms with van der Waals surface area (Å²) in [4.78, 5) is 18.1. The maximum atomic E-state index is 12.3. The summed E-state index contributed by atoms with van der Waals surface area (Å²) in [5.41, 5.74) is 0.0532. The summed E-state index contributed by atoms with van der Waals surface area (Å²) in [6.07, 6.45) is -4.22. The molecule has 0 radical (unpaired) electrons. The molecule has 7 nitrogen and oxygen atoms in total. The molecule has 1 N–H and O–H groups in total. The highest BCUT2D eigenvalue weighted by Crippen LogP contribution is 2.29. The van der Waals surface area contributed by atoms with Crippen molar-refractivity contribution in [2.24, 2.45) is 0 Å². The van der Waals surface area contributed by atoms with E-state index in [1.54, 1.807) is 6.92 Å². The summed E-state index contributed by atoms with van der Waals surface area (Å²) < 4.78 is 45.9. The molecule has 1 amide bonds. The van der Waals surface area contributed by atoms with Crippen LogP contribution >= 0.6 is 0 Å². The predicted molar refractivity (Wildman–Crippen MR) is 62.2 cm³/mol. The van der Waals surface area contributed by atoms with Gasteiger partial charge in [0.25, 0.3) is 0 Å². The number of hydrogen-bond donors (Lipinski definition) is 1. The fourth-order valence-electron chi connectivity index (χ4n) is 1.30. The van der Waals surface area contributed by atoms with Gasteiger partial charge in [0.05, 0.1) is 6.20 Å². The molecular weight excluding hydrogens is 293 g/mol. The van der Waals surface area contributed by atoms with Crippen molar-refractivity contribution < 1.29 is 27.2 Å². The molecule has 112 valence electrons. The maximum Gasteiger partial charge on any atom is 0.471 e. The smallest absolute Gasteiger partial charge is 0.409 e. The van der Waals surface area contributed by atoms with Crippen LogP contribution in [0.1, 0.15) is 12.8 Å². The lowest BCUT2D eigenvalue weighted by molar-refractivity contribution is -0.159. The molecule has 0 spiro atoms. The van der Waals surface area contributed by atoms with Gasteiger partial charge in [-0.1, -0.05) is 5.16 Å². The Labute approximate surface area is 116 Å². The van der Waals surface area contributed by atoms with Gasteiger partial charge >= 0.3 is 18.2 Å². The Hall–Kier alpha value is -2.65. The Balaban J connectivity index is 2.12. The van der Waals surface area contributed by atoms with Gasteiger partial charge in [-0.25, -0.2) is 9.78 Å². The molecule has 0 aromatic carbocycles. The lowest BCUT2D eigenvalue weighted by Crippen LogP contribution is -2.26. The van der Waals surface area contributed by atoms with Gasteiger partial charge in [0.1, 0.15) is 5.69 Å². The van der Waals surface area contributed by atoms with Gasteiger partial charge in [-0.3, -0.25) is 0 Å². The summed E-state index contributed by atoms with van der Waals surface area (Å²) in [7, 11) is 0. The predicted octanol–water partition coefficient (Wildman–Crippen LogP) is 2.26. The zero-order chi connectivity index (χ0) is 15.5. The highest BCUT2D eigenvalue weighted by molar-refractivity contribution is 5.70. The van der Waals surface area contributed by atoms with Crippen LogP contribution in [0, 0.1) is 0 Å². The zero-order valence-electron chi connectivity index (χ0n) is 10.6. The molecule has 0 unspecified atom stereocenters. The number of halogens is 3. The van der Waals surface area contributed by atoms with Gasteiger partial charge < -0.3 is 14.6 Å². The van der Waals surface area contributed by atoms with Crippen molar-refractivity contribution in [1.82, 2.24) is 20.4 Å². The van der Waals surface area contributed by atoms with Crippen LogP contribution in [0.4, 0.5) is 18.0 Å². The van der Waals surface area contributed by atoms with Gasteiger partial charge in [-0.05, 0) is 19.1 Å². The highest BCUT2D eigenvalue weighted by atomic mass is 19.4. The van der Waals surface area contributed by atoms with Crippen LogP contribution in [0.5, 0.6) is 5.75 Å². The first-order valence-corrected chi connectivity index (χ1v) is 5.73. The number of carbonyl (C=O) groups is 1. The molecule has 2 aromatic rings. The van der Waals surface area contributed by atoms with Crippen LogP contribution in [0.3, 0.4) is 0 Å². The Morgan fingerprint density at radius 1 is 1.43 bits per heavy atom. The summed E-state index contributed by atoms with van der Waals surface area (Å²) in [6, 6.07) is 2.65. The van der Waals surface area contributed by atoms with Crippen LogP contribution < -0.4 is 10.1 Å². The lowest BCUT2D eigenvalue weighted by atomic mass is 10.3. The number of nitrogens with one attached hydrogen (secondary N) is 1. The number of rotatable bonds is 3. The molecule has 10 heteroatoms. The van der Waals surface area contributed by atoms with Crippen molar-refractivity contribution in [3.63, 3.8) is 0 Å². The number of hydrogen-bond acceptors (Lipinski definition) is 6. The number of aromatic nitrogens is 3. The molecule has 0 fully saturated rings. The second-order valence-electron chi connectivity index (χ2n) is 3.72. The minimum atomic E-state index is -4.72. The fraction of sp³-hybridized carbons (Fsp3) is 0.273. The molecule has 0 saturated carbocycles. The van der Waals surface area contributed by atoms with Gasteiger partial charge in [-0.15, -0.1) is 0 Å². The monoisotopic (exact) mass is 302 g/mol. The fourth-order valence-corrected chi connectivity index (χ4v) is 1.30. The van der Waals surface area contributed by atoms with Crippen molar-refractivity contribution in [3.05, 3.63) is 24.2 Å². The summed E-state index contributed by atoms with van der Waals surface area (Å²) >= 11 is 0. The molecule has 0 atom stereocenters. The van der Waals surface area contributed by atoms with E-state index in [4.69, 9.17) is 4.74 Å². The van der Waals surface area contributed by atoms with Crippen LogP contribution in [-0.2, 0) is 6.18 Å². The van der Waals surface area contributed by atoms with Crippen molar-refractivity contribution >= 4 is 6.09 Å². The largest absolute Gasteiger partial charge is 0.471 e. The third kappa shape index (κ3) is 3.68. The molecule has 0 aliphatic carbocycles. The minimum absolute atomic E-state index is 0.0532. The molecular formula is C11H9F3N4O3. The van der Waals surface area contributed by atoms with Crippen molar-refractivity contribution in [3.8, 4) is 17.3 Å². The standard InChI is InChI=1S/C11H9F3N4O3/c1-2-15-10(19)20-6-3-4-7(16-5-6)8-17-9(21-18-8)11(12,13)14/h3-5H,2H2,1H3,(H,15,19). The Bertz CT molecular complexity index is 624. The van der Waals surface area contributed by atoms with E-state index in [0.29, 0.717) is 6.54 Å². The van der Waals surface area contributed by atoms with E-state index >= 15 is 0 Å². The SMILES string of the molecule is CCNC(=O)Oc1ccc(-c2noc(C(F)(F)F)n2)nc1. The molecule has 0 aliphatic heterocycles. The number of alkyl halides is 3. The Kier molecular flexibility index (Phi) is 4.05. The van der Waals surface area contributed by atoms with Crippen molar-refractivity contribution in [2.45, 2.75) is 13.1 Å². The second kappa shape index (κ2) is 5.77. The Morgan fingerprint density at radius 2 is 2.19 bits per heavy atom. The van der Waals surface area contributed by atoms with Crippen LogP contribution in [0.25, 0.3) is 11.5 Å². The highest BCUT2D eigenvalue weighted by Gasteiger charge is 2.38. The van der Waals surface area contributed by atoms with Gasteiger partial charge in [-0.2, -0.15) is 18.2 Å². The van der Waals surface area contributed by atoms with E-state index in [2.05, 4.69) is 25.0 Å². The third-order valence-electron chi connectivity index (χ3n) is 2.17.